The van der Waals surface area contributed by atoms with Gasteiger partial charge in [0, 0.05) is 26.0 Å². The molecule has 0 saturated carbocycles. The zero-order valence-corrected chi connectivity index (χ0v) is 14.7. The van der Waals surface area contributed by atoms with Gasteiger partial charge in [-0.3, -0.25) is 9.48 Å². The van der Waals surface area contributed by atoms with Crippen LogP contribution in [0, 0.1) is 6.92 Å². The lowest BCUT2D eigenvalue weighted by atomic mass is 10.1. The van der Waals surface area contributed by atoms with Crippen LogP contribution in [0.1, 0.15) is 27.2 Å². The van der Waals surface area contributed by atoms with E-state index in [4.69, 9.17) is 0 Å². The Balaban J connectivity index is 1.81. The molecule has 0 fully saturated rings. The fourth-order valence-electron chi connectivity index (χ4n) is 2.78. The highest BCUT2D eigenvalue weighted by molar-refractivity contribution is 6.05. The van der Waals surface area contributed by atoms with E-state index in [1.54, 1.807) is 35.9 Å². The number of nitrogens with zero attached hydrogens (tertiary/aromatic N) is 3. The second kappa shape index (κ2) is 7.18. The van der Waals surface area contributed by atoms with Gasteiger partial charge in [0.1, 0.15) is 5.69 Å². The lowest BCUT2D eigenvalue weighted by Gasteiger charge is -2.20. The molecule has 0 N–H and O–H groups in total. The second-order valence-corrected chi connectivity index (χ2v) is 5.99. The number of aryl methyl sites for hydroxylation is 2. The maximum atomic E-state index is 12.6. The van der Waals surface area contributed by atoms with Crippen LogP contribution in [-0.2, 0) is 7.05 Å². The molecule has 0 aliphatic carbocycles. The molecule has 4 nitrogen and oxygen atoms in total. The highest BCUT2D eigenvalue weighted by Gasteiger charge is 2.17. The predicted octanol–water partition coefficient (Wildman–Crippen LogP) is 4.18. The van der Waals surface area contributed by atoms with Crippen molar-refractivity contribution >= 4 is 23.7 Å². The molecule has 0 atom stereocenters. The van der Waals surface area contributed by atoms with Crippen molar-refractivity contribution in [3.05, 3.63) is 83.2 Å². The third kappa shape index (κ3) is 3.69. The van der Waals surface area contributed by atoms with Gasteiger partial charge in [0.2, 0.25) is 0 Å². The molecule has 0 aliphatic heterocycles. The average molecular weight is 331 g/mol. The van der Waals surface area contributed by atoms with Gasteiger partial charge >= 0.3 is 0 Å². The van der Waals surface area contributed by atoms with Gasteiger partial charge in [-0.05, 0) is 41.8 Å². The average Bonchev–Trinajstić information content (AvgIpc) is 3.05. The van der Waals surface area contributed by atoms with Crippen molar-refractivity contribution in [3.63, 3.8) is 0 Å². The summed E-state index contributed by atoms with van der Waals surface area (Å²) in [6, 6.07) is 18.0. The minimum Gasteiger partial charge on any atom is -0.310 e. The molecule has 4 heteroatoms. The number of aromatic nitrogens is 2. The van der Waals surface area contributed by atoms with Crippen molar-refractivity contribution in [1.29, 1.82) is 0 Å². The lowest BCUT2D eigenvalue weighted by Crippen LogP contribution is -2.28. The quantitative estimate of drug-likeness (QED) is 0.673. The van der Waals surface area contributed by atoms with Crippen molar-refractivity contribution in [2.75, 3.05) is 11.9 Å². The Bertz CT molecular complexity index is 910. The summed E-state index contributed by atoms with van der Waals surface area (Å²) in [6.07, 6.45) is 5.79. The summed E-state index contributed by atoms with van der Waals surface area (Å²) in [7, 11) is 3.56. The van der Waals surface area contributed by atoms with Crippen LogP contribution in [0.4, 0.5) is 5.69 Å². The van der Waals surface area contributed by atoms with Crippen LogP contribution in [0.25, 0.3) is 12.2 Å². The maximum absolute atomic E-state index is 12.6. The van der Waals surface area contributed by atoms with Crippen LogP contribution in [0.15, 0.2) is 60.8 Å². The van der Waals surface area contributed by atoms with Gasteiger partial charge in [-0.1, -0.05) is 48.6 Å². The molecule has 1 heterocycles. The summed E-state index contributed by atoms with van der Waals surface area (Å²) in [6.45, 7) is 2.02. The first-order valence-corrected chi connectivity index (χ1v) is 8.16. The number of anilines is 1. The SMILES string of the molecule is Cc1cc(/C=C/c2ccccc2)ccc1N(C)C(=O)c1ccnn1C. The van der Waals surface area contributed by atoms with E-state index in [-0.39, 0.29) is 5.91 Å². The molecular formula is C21H21N3O. The van der Waals surface area contributed by atoms with E-state index in [0.717, 1.165) is 22.4 Å². The van der Waals surface area contributed by atoms with E-state index in [0.29, 0.717) is 5.69 Å². The number of benzene rings is 2. The van der Waals surface area contributed by atoms with Crippen molar-refractivity contribution in [2.24, 2.45) is 7.05 Å². The molecule has 0 unspecified atom stereocenters. The largest absolute Gasteiger partial charge is 0.310 e. The van der Waals surface area contributed by atoms with E-state index in [2.05, 4.69) is 35.4 Å². The summed E-state index contributed by atoms with van der Waals surface area (Å²) >= 11 is 0. The number of rotatable bonds is 4. The lowest BCUT2D eigenvalue weighted by molar-refractivity contribution is 0.0984. The van der Waals surface area contributed by atoms with Crippen molar-refractivity contribution < 1.29 is 4.79 Å². The minimum absolute atomic E-state index is 0.0734. The summed E-state index contributed by atoms with van der Waals surface area (Å²) < 4.78 is 1.59. The van der Waals surface area contributed by atoms with Crippen molar-refractivity contribution in [2.45, 2.75) is 6.92 Å². The van der Waals surface area contributed by atoms with Crippen molar-refractivity contribution in [3.8, 4) is 0 Å². The number of hydrogen-bond donors (Lipinski definition) is 0. The Morgan fingerprint density at radius 1 is 1.04 bits per heavy atom. The fraction of sp³-hybridized carbons (Fsp3) is 0.143. The molecule has 0 bridgehead atoms. The molecule has 1 aromatic heterocycles. The first kappa shape index (κ1) is 16.7. The molecule has 2 aromatic carbocycles. The Hall–Kier alpha value is -3.14. The minimum atomic E-state index is -0.0734. The zero-order chi connectivity index (χ0) is 17.8. The van der Waals surface area contributed by atoms with Crippen LogP contribution < -0.4 is 4.90 Å². The third-order valence-electron chi connectivity index (χ3n) is 4.19. The Morgan fingerprint density at radius 2 is 1.76 bits per heavy atom. The van der Waals surface area contributed by atoms with Gasteiger partial charge in [0.15, 0.2) is 0 Å². The Labute approximate surface area is 148 Å². The summed E-state index contributed by atoms with van der Waals surface area (Å²) in [5.41, 5.74) is 4.77. The standard InChI is InChI=1S/C21H21N3O/c1-16-15-18(10-9-17-7-5-4-6-8-17)11-12-19(16)23(2)21(25)20-13-14-22-24(20)3/h4-15H,1-3H3/b10-9+. The van der Waals surface area contributed by atoms with E-state index < -0.39 is 0 Å². The Kier molecular flexibility index (Phi) is 4.80. The van der Waals surface area contributed by atoms with Crippen LogP contribution in [0.3, 0.4) is 0 Å². The van der Waals surface area contributed by atoms with Gasteiger partial charge in [-0.15, -0.1) is 0 Å². The molecule has 3 aromatic rings. The molecule has 25 heavy (non-hydrogen) atoms. The first-order chi connectivity index (χ1) is 12.1. The van der Waals surface area contributed by atoms with Crippen LogP contribution >= 0.6 is 0 Å². The first-order valence-electron chi connectivity index (χ1n) is 8.16. The zero-order valence-electron chi connectivity index (χ0n) is 14.7. The van der Waals surface area contributed by atoms with E-state index in [9.17, 15) is 4.79 Å². The fourth-order valence-corrected chi connectivity index (χ4v) is 2.78. The molecule has 126 valence electrons. The van der Waals surface area contributed by atoms with E-state index in [1.165, 1.54) is 0 Å². The van der Waals surface area contributed by atoms with Gasteiger partial charge in [0.25, 0.3) is 5.91 Å². The normalized spacial score (nSPS) is 11.0. The second-order valence-electron chi connectivity index (χ2n) is 5.99. The number of carbonyl (C=O) groups excluding carboxylic acids is 1. The maximum Gasteiger partial charge on any atom is 0.276 e. The monoisotopic (exact) mass is 331 g/mol. The van der Waals surface area contributed by atoms with Gasteiger partial charge in [-0.2, -0.15) is 5.10 Å². The summed E-state index contributed by atoms with van der Waals surface area (Å²) in [5.74, 6) is -0.0734. The van der Waals surface area contributed by atoms with Gasteiger partial charge < -0.3 is 4.90 Å². The smallest absolute Gasteiger partial charge is 0.276 e. The summed E-state index contributed by atoms with van der Waals surface area (Å²) in [5, 5.41) is 4.06. The number of carbonyl (C=O) groups is 1. The summed E-state index contributed by atoms with van der Waals surface area (Å²) in [4.78, 5) is 14.3. The molecule has 0 radical (unpaired) electrons. The molecule has 0 saturated heterocycles. The van der Waals surface area contributed by atoms with Crippen molar-refractivity contribution in [1.82, 2.24) is 9.78 Å². The molecular weight excluding hydrogens is 310 g/mol. The topological polar surface area (TPSA) is 38.1 Å². The van der Waals surface area contributed by atoms with Crippen LogP contribution in [0.5, 0.6) is 0 Å². The van der Waals surface area contributed by atoms with Gasteiger partial charge in [-0.25, -0.2) is 0 Å². The number of amides is 1. The van der Waals surface area contributed by atoms with Crippen LogP contribution in [0.2, 0.25) is 0 Å². The highest BCUT2D eigenvalue weighted by Crippen LogP contribution is 2.23. The third-order valence-corrected chi connectivity index (χ3v) is 4.19. The predicted molar refractivity (Wildman–Crippen MR) is 102 cm³/mol. The molecule has 0 spiro atoms. The molecule has 3 rings (SSSR count). The molecule has 0 aliphatic rings. The van der Waals surface area contributed by atoms with Gasteiger partial charge in [0.05, 0.1) is 0 Å². The number of hydrogen-bond acceptors (Lipinski definition) is 2. The molecule has 1 amide bonds. The Morgan fingerprint density at radius 3 is 2.40 bits per heavy atom. The van der Waals surface area contributed by atoms with Crippen LogP contribution in [-0.4, -0.2) is 22.7 Å². The van der Waals surface area contributed by atoms with E-state index in [1.807, 2.05) is 37.3 Å². The highest BCUT2D eigenvalue weighted by atomic mass is 16.2. The van der Waals surface area contributed by atoms with E-state index >= 15 is 0 Å².